The minimum atomic E-state index is -1.75. The Hall–Kier alpha value is -0.750. The Bertz CT molecular complexity index is 603. The molecule has 8 heteroatoms. The van der Waals surface area contributed by atoms with Crippen molar-refractivity contribution in [3.63, 3.8) is 0 Å². The van der Waals surface area contributed by atoms with Gasteiger partial charge in [0.2, 0.25) is 9.70 Å². The van der Waals surface area contributed by atoms with Crippen LogP contribution in [0.3, 0.4) is 0 Å². The summed E-state index contributed by atoms with van der Waals surface area (Å²) >= 11 is 23.1. The van der Waals surface area contributed by atoms with E-state index in [4.69, 9.17) is 47.0 Å². The van der Waals surface area contributed by atoms with Crippen molar-refractivity contribution < 1.29 is 4.79 Å². The third-order valence-corrected chi connectivity index (χ3v) is 4.14. The number of carbonyl (C=O) groups is 1. The molecule has 0 saturated carbocycles. The topological polar surface area (TPSA) is 53.2 Å². The van der Waals surface area contributed by atoms with E-state index in [0.717, 1.165) is 11.3 Å². The Morgan fingerprint density at radius 2 is 1.79 bits per heavy atom. The predicted octanol–water partition coefficient (Wildman–Crippen LogP) is 4.45. The molecule has 0 fully saturated rings. The first kappa shape index (κ1) is 21.3. The molecule has 1 rings (SSSR count). The quantitative estimate of drug-likeness (QED) is 0.381. The highest BCUT2D eigenvalue weighted by molar-refractivity contribution is 7.80. The molecular weight excluding hydrogens is 389 g/mol. The molecule has 0 spiro atoms. The van der Waals surface area contributed by atoms with Gasteiger partial charge in [-0.3, -0.25) is 4.79 Å². The minimum absolute atomic E-state index is 0.196. The fourth-order valence-corrected chi connectivity index (χ4v) is 2.47. The molecule has 0 radical (unpaired) electrons. The maximum atomic E-state index is 11.9. The van der Waals surface area contributed by atoms with Crippen LogP contribution in [-0.4, -0.2) is 21.0 Å². The van der Waals surface area contributed by atoms with Gasteiger partial charge in [0.05, 0.1) is 0 Å². The molecule has 0 aromatic heterocycles. The molecule has 1 aromatic carbocycles. The first-order valence-electron chi connectivity index (χ1n) is 7.50. The van der Waals surface area contributed by atoms with Crippen molar-refractivity contribution in [3.05, 3.63) is 29.3 Å². The molecule has 0 aliphatic heterocycles. The van der Waals surface area contributed by atoms with Crippen molar-refractivity contribution in [3.8, 4) is 0 Å². The number of halogens is 3. The number of rotatable bonds is 5. The molecular formula is C16H22Cl3N3OS. The third kappa shape index (κ3) is 7.43. The van der Waals surface area contributed by atoms with Crippen molar-refractivity contribution in [1.29, 1.82) is 0 Å². The molecule has 1 aromatic rings. The number of amides is 1. The van der Waals surface area contributed by atoms with Crippen molar-refractivity contribution in [1.82, 2.24) is 10.6 Å². The van der Waals surface area contributed by atoms with Crippen LogP contribution in [0, 0.1) is 19.8 Å². The summed E-state index contributed by atoms with van der Waals surface area (Å²) in [5, 5.41) is 8.76. The van der Waals surface area contributed by atoms with Crippen LogP contribution in [0.2, 0.25) is 0 Å². The van der Waals surface area contributed by atoms with Gasteiger partial charge in [-0.15, -0.1) is 0 Å². The van der Waals surface area contributed by atoms with Crippen molar-refractivity contribution in [2.75, 3.05) is 5.32 Å². The normalized spacial score (nSPS) is 12.7. The summed E-state index contributed by atoms with van der Waals surface area (Å²) in [5.74, 6) is -0.0237. The van der Waals surface area contributed by atoms with Crippen LogP contribution < -0.4 is 16.0 Å². The van der Waals surface area contributed by atoms with Crippen molar-refractivity contribution >= 4 is 63.7 Å². The lowest BCUT2D eigenvalue weighted by Gasteiger charge is -2.28. The third-order valence-electron chi connectivity index (χ3n) is 3.27. The Morgan fingerprint density at radius 3 is 2.29 bits per heavy atom. The van der Waals surface area contributed by atoms with Crippen LogP contribution in [0.5, 0.6) is 0 Å². The second-order valence-corrected chi connectivity index (χ2v) is 8.81. The fourth-order valence-electron chi connectivity index (χ4n) is 1.91. The highest BCUT2D eigenvalue weighted by atomic mass is 35.6. The summed E-state index contributed by atoms with van der Waals surface area (Å²) in [6.45, 7) is 7.90. The van der Waals surface area contributed by atoms with Crippen LogP contribution in [0.15, 0.2) is 18.2 Å². The molecule has 3 N–H and O–H groups in total. The van der Waals surface area contributed by atoms with Crippen LogP contribution in [0.4, 0.5) is 5.69 Å². The van der Waals surface area contributed by atoms with Gasteiger partial charge in [0.15, 0.2) is 5.11 Å². The van der Waals surface area contributed by atoms with E-state index in [9.17, 15) is 4.79 Å². The van der Waals surface area contributed by atoms with Gasteiger partial charge < -0.3 is 16.0 Å². The van der Waals surface area contributed by atoms with Gasteiger partial charge in [0.25, 0.3) is 0 Å². The Labute approximate surface area is 163 Å². The van der Waals surface area contributed by atoms with Crippen LogP contribution in [-0.2, 0) is 4.79 Å². The van der Waals surface area contributed by atoms with Crippen molar-refractivity contribution in [2.45, 2.75) is 44.1 Å². The fraction of sp³-hybridized carbons (Fsp3) is 0.500. The average molecular weight is 411 g/mol. The Kier molecular flexibility index (Phi) is 8.06. The summed E-state index contributed by atoms with van der Waals surface area (Å²) in [5.41, 5.74) is 3.12. The molecule has 1 unspecified atom stereocenters. The number of nitrogens with one attached hydrogen (secondary N) is 3. The zero-order valence-corrected chi connectivity index (χ0v) is 17.1. The lowest BCUT2D eigenvalue weighted by atomic mass is 10.1. The smallest absolute Gasteiger partial charge is 0.228 e. The summed E-state index contributed by atoms with van der Waals surface area (Å²) in [7, 11) is 0. The summed E-state index contributed by atoms with van der Waals surface area (Å²) < 4.78 is -1.75. The zero-order valence-electron chi connectivity index (χ0n) is 14.0. The van der Waals surface area contributed by atoms with E-state index in [1.54, 1.807) is 0 Å². The van der Waals surface area contributed by atoms with Gasteiger partial charge >= 0.3 is 0 Å². The highest BCUT2D eigenvalue weighted by Gasteiger charge is 2.34. The van der Waals surface area contributed by atoms with Gasteiger partial charge in [-0.1, -0.05) is 54.7 Å². The Balaban J connectivity index is 2.73. The van der Waals surface area contributed by atoms with E-state index in [0.29, 0.717) is 6.42 Å². The van der Waals surface area contributed by atoms with Crippen molar-refractivity contribution in [2.24, 2.45) is 5.92 Å². The lowest BCUT2D eigenvalue weighted by molar-refractivity contribution is -0.122. The number of anilines is 1. The molecule has 1 atom stereocenters. The molecule has 0 aliphatic rings. The lowest BCUT2D eigenvalue weighted by Crippen LogP contribution is -2.56. The predicted molar refractivity (Wildman–Crippen MR) is 107 cm³/mol. The molecule has 0 aliphatic carbocycles. The van der Waals surface area contributed by atoms with Crippen LogP contribution in [0.25, 0.3) is 0 Å². The van der Waals surface area contributed by atoms with Crippen LogP contribution in [0.1, 0.15) is 31.4 Å². The van der Waals surface area contributed by atoms with E-state index in [2.05, 4.69) is 16.0 Å². The van der Waals surface area contributed by atoms with E-state index in [1.807, 2.05) is 45.9 Å². The maximum Gasteiger partial charge on any atom is 0.228 e. The van der Waals surface area contributed by atoms with Gasteiger partial charge in [0, 0.05) is 12.1 Å². The van der Waals surface area contributed by atoms with E-state index < -0.39 is 9.96 Å². The minimum Gasteiger partial charge on any atom is -0.339 e. The van der Waals surface area contributed by atoms with Gasteiger partial charge in [-0.2, -0.15) is 0 Å². The molecule has 0 heterocycles. The number of hydrogen-bond acceptors (Lipinski definition) is 2. The molecule has 0 saturated heterocycles. The second kappa shape index (κ2) is 9.09. The SMILES string of the molecule is Cc1ccc(NC(=S)NC(NC(=O)CC(C)C)C(Cl)(Cl)Cl)cc1C. The van der Waals surface area contributed by atoms with E-state index >= 15 is 0 Å². The maximum absolute atomic E-state index is 11.9. The standard InChI is InChI=1S/C16H22Cl3N3OS/c1-9(2)7-13(23)21-14(16(17,18)19)22-15(24)20-12-6-5-10(3)11(4)8-12/h5-6,8-9,14H,7H2,1-4H3,(H,21,23)(H2,20,22,24). The highest BCUT2D eigenvalue weighted by Crippen LogP contribution is 2.29. The monoisotopic (exact) mass is 409 g/mol. The van der Waals surface area contributed by atoms with Crippen LogP contribution >= 0.6 is 47.0 Å². The first-order valence-corrected chi connectivity index (χ1v) is 9.04. The van der Waals surface area contributed by atoms with Gasteiger partial charge in [-0.05, 0) is 55.2 Å². The number of thiocarbonyl (C=S) groups is 1. The number of benzene rings is 1. The van der Waals surface area contributed by atoms with E-state index in [-0.39, 0.29) is 16.9 Å². The average Bonchev–Trinajstić information content (AvgIpc) is 2.40. The number of aryl methyl sites for hydroxylation is 2. The number of hydrogen-bond donors (Lipinski definition) is 3. The van der Waals surface area contributed by atoms with E-state index in [1.165, 1.54) is 5.56 Å². The first-order chi connectivity index (χ1) is 11.0. The summed E-state index contributed by atoms with van der Waals surface area (Å²) in [4.78, 5) is 11.9. The number of carbonyl (C=O) groups excluding carboxylic acids is 1. The molecule has 4 nitrogen and oxygen atoms in total. The Morgan fingerprint density at radius 1 is 1.17 bits per heavy atom. The summed E-state index contributed by atoms with van der Waals surface area (Å²) in [6, 6.07) is 5.85. The molecule has 0 bridgehead atoms. The second-order valence-electron chi connectivity index (χ2n) is 6.04. The summed E-state index contributed by atoms with van der Waals surface area (Å²) in [6.07, 6.45) is -0.615. The zero-order chi connectivity index (χ0) is 18.5. The van der Waals surface area contributed by atoms with Gasteiger partial charge in [-0.25, -0.2) is 0 Å². The molecule has 1 amide bonds. The molecule has 24 heavy (non-hydrogen) atoms. The number of alkyl halides is 3. The molecule has 134 valence electrons. The van der Waals surface area contributed by atoms with Gasteiger partial charge in [0.1, 0.15) is 6.17 Å². The largest absolute Gasteiger partial charge is 0.339 e.